The first-order valence-corrected chi connectivity index (χ1v) is 8.27. The second-order valence-electron chi connectivity index (χ2n) is 4.45. The van der Waals surface area contributed by atoms with Gasteiger partial charge in [0.15, 0.2) is 0 Å². The number of thioether (sulfide) groups is 1. The number of aryl methyl sites for hydroxylation is 1. The number of fused-ring (bicyclic) bond motifs is 1. The zero-order chi connectivity index (χ0) is 13.2. The molecule has 2 aromatic carbocycles. The van der Waals surface area contributed by atoms with Crippen LogP contribution in [0.5, 0.6) is 0 Å². The van der Waals surface area contributed by atoms with Crippen molar-refractivity contribution in [2.45, 2.75) is 17.6 Å². The summed E-state index contributed by atoms with van der Waals surface area (Å²) in [5.41, 5.74) is 2.55. The number of halogens is 1. The first-order chi connectivity index (χ1) is 9.24. The van der Waals surface area contributed by atoms with E-state index >= 15 is 0 Å². The van der Waals surface area contributed by atoms with Crippen LogP contribution in [0.2, 0.25) is 4.34 Å². The van der Waals surface area contributed by atoms with Crippen LogP contribution in [-0.2, 0) is 5.75 Å². The van der Waals surface area contributed by atoms with Crippen molar-refractivity contribution in [1.29, 1.82) is 0 Å². The van der Waals surface area contributed by atoms with Gasteiger partial charge in [0.1, 0.15) is 0 Å². The highest BCUT2D eigenvalue weighted by Crippen LogP contribution is 2.38. The van der Waals surface area contributed by atoms with Crippen LogP contribution < -0.4 is 0 Å². The van der Waals surface area contributed by atoms with Crippen LogP contribution in [0.25, 0.3) is 10.1 Å². The molecule has 0 aliphatic carbocycles. The van der Waals surface area contributed by atoms with Crippen molar-refractivity contribution < 1.29 is 0 Å². The Balaban J connectivity index is 1.85. The highest BCUT2D eigenvalue weighted by molar-refractivity contribution is 7.98. The van der Waals surface area contributed by atoms with Crippen LogP contribution in [0.15, 0.2) is 53.4 Å². The van der Waals surface area contributed by atoms with Crippen molar-refractivity contribution in [1.82, 2.24) is 0 Å². The lowest BCUT2D eigenvalue weighted by Crippen LogP contribution is -1.80. The highest BCUT2D eigenvalue weighted by Gasteiger charge is 2.10. The Morgan fingerprint density at radius 2 is 1.79 bits per heavy atom. The van der Waals surface area contributed by atoms with E-state index in [1.807, 2.05) is 11.8 Å². The van der Waals surface area contributed by atoms with E-state index < -0.39 is 0 Å². The summed E-state index contributed by atoms with van der Waals surface area (Å²) >= 11 is 9.87. The molecular formula is C16H13ClS2. The van der Waals surface area contributed by atoms with Gasteiger partial charge in [0.05, 0.1) is 4.34 Å². The van der Waals surface area contributed by atoms with Gasteiger partial charge >= 0.3 is 0 Å². The Morgan fingerprint density at radius 1 is 1.05 bits per heavy atom. The number of rotatable bonds is 3. The molecule has 0 bridgehead atoms. The highest BCUT2D eigenvalue weighted by atomic mass is 35.5. The largest absolute Gasteiger partial charge is 0.123 e. The Morgan fingerprint density at radius 3 is 2.58 bits per heavy atom. The summed E-state index contributed by atoms with van der Waals surface area (Å²) in [5.74, 6) is 0.923. The fraction of sp³-hybridized carbons (Fsp3) is 0.125. The van der Waals surface area contributed by atoms with Crippen molar-refractivity contribution in [2.24, 2.45) is 0 Å². The second kappa shape index (κ2) is 5.58. The number of hydrogen-bond acceptors (Lipinski definition) is 2. The molecule has 0 amide bonds. The minimum absolute atomic E-state index is 0.917. The molecule has 0 saturated carbocycles. The molecule has 0 aliphatic heterocycles. The van der Waals surface area contributed by atoms with Gasteiger partial charge in [0.2, 0.25) is 0 Å². The van der Waals surface area contributed by atoms with E-state index in [2.05, 4.69) is 55.5 Å². The summed E-state index contributed by atoms with van der Waals surface area (Å²) in [6.07, 6.45) is 0. The van der Waals surface area contributed by atoms with Crippen molar-refractivity contribution >= 4 is 44.8 Å². The third-order valence-electron chi connectivity index (χ3n) is 3.05. The molecule has 0 N–H and O–H groups in total. The van der Waals surface area contributed by atoms with Gasteiger partial charge in [-0.3, -0.25) is 0 Å². The summed E-state index contributed by atoms with van der Waals surface area (Å²) in [4.78, 5) is 1.29. The molecule has 3 aromatic rings. The molecule has 0 radical (unpaired) electrons. The second-order valence-corrected chi connectivity index (χ2v) is 7.16. The molecular weight excluding hydrogens is 292 g/mol. The normalized spacial score (nSPS) is 11.1. The van der Waals surface area contributed by atoms with Gasteiger partial charge in [0, 0.05) is 15.3 Å². The number of thiophene rings is 1. The molecule has 0 aliphatic rings. The van der Waals surface area contributed by atoms with Gasteiger partial charge in [-0.15, -0.1) is 23.1 Å². The molecule has 3 rings (SSSR count). The van der Waals surface area contributed by atoms with Crippen LogP contribution in [-0.4, -0.2) is 0 Å². The summed E-state index contributed by atoms with van der Waals surface area (Å²) in [5, 5.41) is 1.29. The Kier molecular flexibility index (Phi) is 3.83. The first kappa shape index (κ1) is 13.0. The zero-order valence-electron chi connectivity index (χ0n) is 10.5. The van der Waals surface area contributed by atoms with Gasteiger partial charge < -0.3 is 0 Å². The molecule has 0 fully saturated rings. The minimum atomic E-state index is 0.917. The SMILES string of the molecule is Cc1ccc(SCc2c(Cl)sc3ccccc23)cc1. The van der Waals surface area contributed by atoms with Crippen LogP contribution in [0.4, 0.5) is 0 Å². The average molecular weight is 305 g/mol. The molecule has 0 unspecified atom stereocenters. The molecule has 1 aromatic heterocycles. The molecule has 0 saturated heterocycles. The maximum Gasteiger partial charge on any atom is 0.0981 e. The monoisotopic (exact) mass is 304 g/mol. The lowest BCUT2D eigenvalue weighted by atomic mass is 10.2. The molecule has 19 heavy (non-hydrogen) atoms. The smallest absolute Gasteiger partial charge is 0.0981 e. The van der Waals surface area contributed by atoms with Gasteiger partial charge in [-0.05, 0) is 36.1 Å². The van der Waals surface area contributed by atoms with Crippen molar-refractivity contribution in [3.63, 3.8) is 0 Å². The quantitative estimate of drug-likeness (QED) is 0.522. The van der Waals surface area contributed by atoms with Gasteiger partial charge in [0.25, 0.3) is 0 Å². The van der Waals surface area contributed by atoms with E-state index in [9.17, 15) is 0 Å². The molecule has 3 heteroatoms. The molecule has 1 heterocycles. The van der Waals surface area contributed by atoms with Crippen LogP contribution in [0, 0.1) is 6.92 Å². The topological polar surface area (TPSA) is 0 Å². The van der Waals surface area contributed by atoms with E-state index in [4.69, 9.17) is 11.6 Å². The summed E-state index contributed by atoms with van der Waals surface area (Å²) in [6.45, 7) is 2.11. The predicted molar refractivity (Wildman–Crippen MR) is 87.6 cm³/mol. The van der Waals surface area contributed by atoms with E-state index in [0.717, 1.165) is 10.1 Å². The molecule has 0 atom stereocenters. The van der Waals surface area contributed by atoms with Gasteiger partial charge in [-0.2, -0.15) is 0 Å². The van der Waals surface area contributed by atoms with Gasteiger partial charge in [-0.1, -0.05) is 47.5 Å². The summed E-state index contributed by atoms with van der Waals surface area (Å²) in [7, 11) is 0. The standard InChI is InChI=1S/C16H13ClS2/c1-11-6-8-12(9-7-11)18-10-14-13-4-2-3-5-15(13)19-16(14)17/h2-9H,10H2,1H3. The lowest BCUT2D eigenvalue weighted by Gasteiger charge is -2.02. The van der Waals surface area contributed by atoms with Crippen LogP contribution in [0.3, 0.4) is 0 Å². The minimum Gasteiger partial charge on any atom is -0.123 e. The van der Waals surface area contributed by atoms with Crippen molar-refractivity contribution in [2.75, 3.05) is 0 Å². The average Bonchev–Trinajstić information content (AvgIpc) is 2.74. The fourth-order valence-corrected chi connectivity index (χ4v) is 4.47. The van der Waals surface area contributed by atoms with Crippen LogP contribution in [0.1, 0.15) is 11.1 Å². The molecule has 0 spiro atoms. The van der Waals surface area contributed by atoms with Crippen molar-refractivity contribution in [3.8, 4) is 0 Å². The zero-order valence-corrected chi connectivity index (χ0v) is 12.9. The van der Waals surface area contributed by atoms with Gasteiger partial charge in [-0.25, -0.2) is 0 Å². The predicted octanol–water partition coefficient (Wildman–Crippen LogP) is 6.16. The molecule has 0 nitrogen and oxygen atoms in total. The maximum atomic E-state index is 6.36. The third-order valence-corrected chi connectivity index (χ3v) is 5.55. The van der Waals surface area contributed by atoms with Crippen LogP contribution >= 0.6 is 34.7 Å². The molecule has 96 valence electrons. The first-order valence-electron chi connectivity index (χ1n) is 6.09. The summed E-state index contributed by atoms with van der Waals surface area (Å²) < 4.78 is 2.19. The Bertz CT molecular complexity index is 698. The van der Waals surface area contributed by atoms with E-state index in [-0.39, 0.29) is 0 Å². The Labute approximate surface area is 126 Å². The fourth-order valence-electron chi connectivity index (χ4n) is 1.99. The Hall–Kier alpha value is -0.960. The number of benzene rings is 2. The van der Waals surface area contributed by atoms with E-state index in [1.54, 1.807) is 11.3 Å². The lowest BCUT2D eigenvalue weighted by molar-refractivity contribution is 1.36. The van der Waals surface area contributed by atoms with Crippen molar-refractivity contribution in [3.05, 3.63) is 64.0 Å². The number of hydrogen-bond donors (Lipinski definition) is 0. The maximum absolute atomic E-state index is 6.36. The summed E-state index contributed by atoms with van der Waals surface area (Å²) in [6, 6.07) is 17.1. The van der Waals surface area contributed by atoms with E-state index in [1.165, 1.54) is 26.1 Å². The third kappa shape index (κ3) is 2.81. The van der Waals surface area contributed by atoms with E-state index in [0.29, 0.717) is 0 Å².